The molecule has 2 amide bonds. The number of nitrogens with zero attached hydrogens (tertiary/aromatic N) is 1. The molecule has 6 nitrogen and oxygen atoms in total. The van der Waals surface area contributed by atoms with Gasteiger partial charge < -0.3 is 4.74 Å². The maximum atomic E-state index is 12.2. The molecule has 2 aromatic rings. The van der Waals surface area contributed by atoms with E-state index in [2.05, 4.69) is 10.3 Å². The number of esters is 1. The van der Waals surface area contributed by atoms with Gasteiger partial charge in [-0.2, -0.15) is 0 Å². The first kappa shape index (κ1) is 16.9. The summed E-state index contributed by atoms with van der Waals surface area (Å²) in [5.41, 5.74) is 0.909. The highest BCUT2D eigenvalue weighted by atomic mass is 32.2. The van der Waals surface area contributed by atoms with E-state index in [0.717, 1.165) is 14.6 Å². The van der Waals surface area contributed by atoms with Gasteiger partial charge in [-0.3, -0.25) is 19.7 Å². The molecule has 1 fully saturated rings. The molecule has 1 N–H and O–H groups in total. The quantitative estimate of drug-likeness (QED) is 0.481. The number of carbonyl (C=O) groups excluding carboxylic acids is 3. The van der Waals surface area contributed by atoms with E-state index in [1.807, 2.05) is 24.3 Å². The Labute approximate surface area is 147 Å². The molecule has 1 aliphatic rings. The molecule has 2 unspecified atom stereocenters. The molecule has 1 aliphatic heterocycles. The number of carbonyl (C=O) groups is 3. The summed E-state index contributed by atoms with van der Waals surface area (Å²) in [6.07, 6.45) is 0.0305. The topological polar surface area (TPSA) is 85.4 Å². The molecule has 0 bridgehead atoms. The average Bonchev–Trinajstić information content (AvgIpc) is 3.10. The van der Waals surface area contributed by atoms with Gasteiger partial charge in [-0.25, -0.2) is 4.98 Å². The zero-order valence-electron chi connectivity index (χ0n) is 13.0. The molecular formula is C16H16N2O4S2. The largest absolute Gasteiger partial charge is 0.466 e. The number of imide groups is 1. The second-order valence-corrected chi connectivity index (χ2v) is 7.64. The molecule has 2 heterocycles. The van der Waals surface area contributed by atoms with Crippen LogP contribution >= 0.6 is 23.1 Å². The van der Waals surface area contributed by atoms with E-state index in [0.29, 0.717) is 5.75 Å². The number of thioether (sulfide) groups is 1. The molecule has 0 radical (unpaired) electrons. The lowest BCUT2D eigenvalue weighted by molar-refractivity contribution is -0.150. The van der Waals surface area contributed by atoms with Crippen LogP contribution < -0.4 is 5.32 Å². The van der Waals surface area contributed by atoms with Crippen LogP contribution in [-0.4, -0.2) is 35.1 Å². The number of hydrogen-bond acceptors (Lipinski definition) is 7. The molecule has 0 aliphatic carbocycles. The molecule has 3 rings (SSSR count). The summed E-state index contributed by atoms with van der Waals surface area (Å²) in [5.74, 6) is -2.16. The van der Waals surface area contributed by atoms with Gasteiger partial charge in [0.25, 0.3) is 0 Å². The van der Waals surface area contributed by atoms with E-state index >= 15 is 0 Å². The van der Waals surface area contributed by atoms with Gasteiger partial charge in [0.1, 0.15) is 0 Å². The van der Waals surface area contributed by atoms with Crippen molar-refractivity contribution in [2.24, 2.45) is 11.8 Å². The van der Waals surface area contributed by atoms with Crippen LogP contribution in [0.1, 0.15) is 13.3 Å². The Morgan fingerprint density at radius 1 is 1.46 bits per heavy atom. The van der Waals surface area contributed by atoms with Gasteiger partial charge in [0.15, 0.2) is 4.34 Å². The van der Waals surface area contributed by atoms with Gasteiger partial charge in [-0.1, -0.05) is 23.9 Å². The highest BCUT2D eigenvalue weighted by Crippen LogP contribution is 2.33. The van der Waals surface area contributed by atoms with Gasteiger partial charge in [-0.05, 0) is 19.1 Å². The highest BCUT2D eigenvalue weighted by Gasteiger charge is 2.41. The van der Waals surface area contributed by atoms with Crippen LogP contribution in [0.15, 0.2) is 28.6 Å². The fourth-order valence-electron chi connectivity index (χ4n) is 2.57. The number of para-hydroxylation sites is 1. The van der Waals surface area contributed by atoms with Gasteiger partial charge in [0.05, 0.1) is 28.7 Å². The minimum absolute atomic E-state index is 0.0305. The lowest BCUT2D eigenvalue weighted by Crippen LogP contribution is -2.33. The maximum Gasteiger partial charge on any atom is 0.310 e. The Morgan fingerprint density at radius 3 is 2.92 bits per heavy atom. The molecule has 1 saturated heterocycles. The lowest BCUT2D eigenvalue weighted by Gasteiger charge is -2.18. The van der Waals surface area contributed by atoms with Gasteiger partial charge in [-0.15, -0.1) is 11.3 Å². The van der Waals surface area contributed by atoms with Crippen molar-refractivity contribution in [3.8, 4) is 0 Å². The molecule has 1 aromatic carbocycles. The molecule has 126 valence electrons. The van der Waals surface area contributed by atoms with Crippen LogP contribution in [-0.2, 0) is 19.1 Å². The third-order valence-corrected chi connectivity index (χ3v) is 6.04. The van der Waals surface area contributed by atoms with Crippen LogP contribution in [0.3, 0.4) is 0 Å². The zero-order valence-corrected chi connectivity index (χ0v) is 14.6. The minimum atomic E-state index is -0.668. The number of hydrogen-bond donors (Lipinski definition) is 1. The second-order valence-electron chi connectivity index (χ2n) is 5.34. The minimum Gasteiger partial charge on any atom is -0.466 e. The van der Waals surface area contributed by atoms with Gasteiger partial charge >= 0.3 is 5.97 Å². The Kier molecular flexibility index (Phi) is 5.15. The number of benzene rings is 1. The fraction of sp³-hybridized carbons (Fsp3) is 0.375. The first-order valence-corrected chi connectivity index (χ1v) is 9.37. The van der Waals surface area contributed by atoms with Crippen molar-refractivity contribution in [2.75, 3.05) is 12.4 Å². The summed E-state index contributed by atoms with van der Waals surface area (Å²) in [6.45, 7) is 1.96. The van der Waals surface area contributed by atoms with Gasteiger partial charge in [0, 0.05) is 12.2 Å². The van der Waals surface area contributed by atoms with Crippen molar-refractivity contribution in [1.82, 2.24) is 10.3 Å². The smallest absolute Gasteiger partial charge is 0.310 e. The Hall–Kier alpha value is -1.93. The second kappa shape index (κ2) is 7.31. The van der Waals surface area contributed by atoms with Crippen molar-refractivity contribution < 1.29 is 19.1 Å². The number of aromatic nitrogens is 1. The van der Waals surface area contributed by atoms with Crippen molar-refractivity contribution >= 4 is 51.1 Å². The van der Waals surface area contributed by atoms with Crippen LogP contribution in [0.4, 0.5) is 0 Å². The molecule has 2 atom stereocenters. The van der Waals surface area contributed by atoms with Crippen LogP contribution in [0.2, 0.25) is 0 Å². The standard InChI is InChI=1S/C16H16N2O4S2/c1-2-22-15(21)10(9-7-13(19)18-14(9)20)8-23-16-17-11-5-3-4-6-12(11)24-16/h3-6,9-10H,2,7-8H2,1H3,(H,18,19,20). The Bertz CT molecular complexity index is 756. The summed E-state index contributed by atoms with van der Waals surface area (Å²) in [5, 5.41) is 2.26. The fourth-order valence-corrected chi connectivity index (χ4v) is 4.83. The Balaban J connectivity index is 1.74. The summed E-state index contributed by atoms with van der Waals surface area (Å²) >= 11 is 2.95. The number of amides is 2. The molecule has 0 saturated carbocycles. The third-order valence-electron chi connectivity index (χ3n) is 3.74. The lowest BCUT2D eigenvalue weighted by atomic mass is 9.92. The average molecular weight is 364 g/mol. The molecular weight excluding hydrogens is 348 g/mol. The summed E-state index contributed by atoms with van der Waals surface area (Å²) in [4.78, 5) is 40.1. The zero-order chi connectivity index (χ0) is 17.1. The van der Waals surface area contributed by atoms with Crippen LogP contribution in [0.25, 0.3) is 10.2 Å². The van der Waals surface area contributed by atoms with E-state index in [-0.39, 0.29) is 18.9 Å². The Morgan fingerprint density at radius 2 is 2.25 bits per heavy atom. The van der Waals surface area contributed by atoms with Crippen molar-refractivity contribution in [1.29, 1.82) is 0 Å². The molecule has 0 spiro atoms. The SMILES string of the molecule is CCOC(=O)C(CSc1nc2ccccc2s1)C1CC(=O)NC1=O. The first-order chi connectivity index (χ1) is 11.6. The number of fused-ring (bicyclic) bond motifs is 1. The van der Waals surface area contributed by atoms with Gasteiger partial charge in [0.2, 0.25) is 11.8 Å². The van der Waals surface area contributed by atoms with Crippen molar-refractivity contribution in [3.05, 3.63) is 24.3 Å². The summed E-state index contributed by atoms with van der Waals surface area (Å²) in [6, 6.07) is 7.79. The first-order valence-electron chi connectivity index (χ1n) is 7.57. The number of nitrogens with one attached hydrogen (secondary N) is 1. The number of ether oxygens (including phenoxy) is 1. The molecule has 24 heavy (non-hydrogen) atoms. The van der Waals surface area contributed by atoms with Crippen LogP contribution in [0.5, 0.6) is 0 Å². The number of rotatable bonds is 6. The van der Waals surface area contributed by atoms with E-state index in [4.69, 9.17) is 4.74 Å². The predicted molar refractivity (Wildman–Crippen MR) is 91.7 cm³/mol. The van der Waals surface area contributed by atoms with E-state index in [1.54, 1.807) is 18.3 Å². The predicted octanol–water partition coefficient (Wildman–Crippen LogP) is 2.23. The monoisotopic (exact) mass is 364 g/mol. The molecule has 8 heteroatoms. The van der Waals surface area contributed by atoms with Crippen molar-refractivity contribution in [3.63, 3.8) is 0 Å². The maximum absolute atomic E-state index is 12.2. The van der Waals surface area contributed by atoms with E-state index in [1.165, 1.54) is 11.8 Å². The van der Waals surface area contributed by atoms with Crippen LogP contribution in [0, 0.1) is 11.8 Å². The summed E-state index contributed by atoms with van der Waals surface area (Å²) < 4.78 is 6.99. The normalized spacial score (nSPS) is 18.6. The van der Waals surface area contributed by atoms with E-state index in [9.17, 15) is 14.4 Å². The third kappa shape index (κ3) is 3.59. The number of thiazole rings is 1. The highest BCUT2D eigenvalue weighted by molar-refractivity contribution is 8.01. The van der Waals surface area contributed by atoms with E-state index < -0.39 is 23.7 Å². The molecule has 1 aromatic heterocycles. The van der Waals surface area contributed by atoms with Crippen molar-refractivity contribution in [2.45, 2.75) is 17.7 Å². The summed E-state index contributed by atoms with van der Waals surface area (Å²) in [7, 11) is 0.